The Bertz CT molecular complexity index is 1040. The Morgan fingerprint density at radius 1 is 0.974 bits per heavy atom. The van der Waals surface area contributed by atoms with Crippen LogP contribution in [0.15, 0.2) is 24.3 Å². The molecule has 10 atom stereocenters. The number of carboxylic acids is 1. The highest BCUT2D eigenvalue weighted by molar-refractivity contribution is 5.83. The minimum atomic E-state index is -1.04. The number of rotatable bonds is 8. The SMILES string of the molecule is C[C@H](CCC(=O)N[C@H](Cc1ccc(O)cc1)C(=O)O)[C@H]1CC[C@H]2[C@@H]3CC[C@@H]4C[C@H](O)CC[C@]4(C)[C@H]3CC[C@]12C. The van der Waals surface area contributed by atoms with E-state index in [0.29, 0.717) is 35.0 Å². The average Bonchev–Trinajstić information content (AvgIpc) is 3.26. The summed E-state index contributed by atoms with van der Waals surface area (Å²) in [6.45, 7) is 7.39. The zero-order valence-corrected chi connectivity index (χ0v) is 24.1. The Hall–Kier alpha value is -2.08. The van der Waals surface area contributed by atoms with Gasteiger partial charge in [-0.3, -0.25) is 4.79 Å². The lowest BCUT2D eigenvalue weighted by Crippen LogP contribution is -2.54. The summed E-state index contributed by atoms with van der Waals surface area (Å²) in [6, 6.07) is 5.47. The lowest BCUT2D eigenvalue weighted by molar-refractivity contribution is -0.141. The van der Waals surface area contributed by atoms with E-state index >= 15 is 0 Å². The van der Waals surface area contributed by atoms with E-state index in [9.17, 15) is 24.9 Å². The van der Waals surface area contributed by atoms with E-state index in [1.165, 1.54) is 57.1 Å². The van der Waals surface area contributed by atoms with Crippen molar-refractivity contribution in [3.63, 3.8) is 0 Å². The van der Waals surface area contributed by atoms with E-state index in [1.807, 2.05) is 0 Å². The molecule has 0 heterocycles. The van der Waals surface area contributed by atoms with Crippen LogP contribution in [-0.4, -0.2) is 39.3 Å². The van der Waals surface area contributed by atoms with Crippen LogP contribution in [0.4, 0.5) is 0 Å². The molecule has 39 heavy (non-hydrogen) atoms. The zero-order chi connectivity index (χ0) is 27.9. The summed E-state index contributed by atoms with van der Waals surface area (Å²) in [5.41, 5.74) is 1.49. The standard InChI is InChI=1S/C33H49NO5/c1-20(4-13-30(37)34-29(31(38)39)18-21-5-8-23(35)9-6-21)26-11-12-27-25-10-7-22-19-24(36)14-16-32(22,2)28(25)15-17-33(26,27)3/h5-6,8-9,20,22,24-29,35-36H,4,7,10-19H2,1-3H3,(H,34,37)(H,38,39)/t20-,22-,24-,25+,26-,27+,28+,29-,32+,33-/m1/s1. The number of carbonyl (C=O) groups is 2. The molecule has 4 aliphatic rings. The van der Waals surface area contributed by atoms with Crippen LogP contribution >= 0.6 is 0 Å². The molecule has 4 aliphatic carbocycles. The number of aliphatic hydroxyl groups is 1. The first kappa shape index (κ1) is 28.4. The molecule has 0 spiro atoms. The summed E-state index contributed by atoms with van der Waals surface area (Å²) in [4.78, 5) is 24.7. The van der Waals surface area contributed by atoms with Gasteiger partial charge in [0.25, 0.3) is 0 Å². The van der Waals surface area contributed by atoms with Gasteiger partial charge in [-0.2, -0.15) is 0 Å². The summed E-state index contributed by atoms with van der Waals surface area (Å²) < 4.78 is 0. The quantitative estimate of drug-likeness (QED) is 0.327. The minimum Gasteiger partial charge on any atom is -0.508 e. The number of nitrogens with one attached hydrogen (secondary N) is 1. The predicted octanol–water partition coefficient (Wildman–Crippen LogP) is 5.94. The highest BCUT2D eigenvalue weighted by Crippen LogP contribution is 2.68. The van der Waals surface area contributed by atoms with Gasteiger partial charge in [-0.1, -0.05) is 32.9 Å². The fraction of sp³-hybridized carbons (Fsp3) is 0.758. The first-order valence-corrected chi connectivity index (χ1v) is 15.5. The van der Waals surface area contributed by atoms with Crippen LogP contribution in [-0.2, 0) is 16.0 Å². The first-order valence-electron chi connectivity index (χ1n) is 15.5. The Morgan fingerprint density at radius 2 is 1.67 bits per heavy atom. The largest absolute Gasteiger partial charge is 0.508 e. The van der Waals surface area contributed by atoms with Gasteiger partial charge in [0, 0.05) is 12.8 Å². The summed E-state index contributed by atoms with van der Waals surface area (Å²) in [7, 11) is 0. The number of carboxylic acid groups (broad SMARTS) is 1. The van der Waals surface area contributed by atoms with Gasteiger partial charge < -0.3 is 20.6 Å². The van der Waals surface area contributed by atoms with Crippen LogP contribution in [0.5, 0.6) is 5.75 Å². The average molecular weight is 540 g/mol. The molecule has 4 fully saturated rings. The van der Waals surface area contributed by atoms with Gasteiger partial charge in [0.05, 0.1) is 6.10 Å². The highest BCUT2D eigenvalue weighted by atomic mass is 16.4. The van der Waals surface area contributed by atoms with Crippen molar-refractivity contribution >= 4 is 11.9 Å². The molecule has 0 saturated heterocycles. The second-order valence-electron chi connectivity index (χ2n) is 14.2. The maximum absolute atomic E-state index is 12.8. The molecule has 5 rings (SSSR count). The molecule has 6 heteroatoms. The third-order valence-electron chi connectivity index (χ3n) is 12.2. The maximum atomic E-state index is 12.8. The van der Waals surface area contributed by atoms with Crippen LogP contribution in [0.2, 0.25) is 0 Å². The third-order valence-corrected chi connectivity index (χ3v) is 12.2. The maximum Gasteiger partial charge on any atom is 0.326 e. The molecule has 0 unspecified atom stereocenters. The fourth-order valence-electron chi connectivity index (χ4n) is 10.1. The van der Waals surface area contributed by atoms with Crippen molar-refractivity contribution in [2.45, 2.75) is 110 Å². The second-order valence-corrected chi connectivity index (χ2v) is 14.2. The first-order chi connectivity index (χ1) is 18.5. The van der Waals surface area contributed by atoms with Gasteiger partial charge >= 0.3 is 5.97 Å². The van der Waals surface area contributed by atoms with Crippen molar-refractivity contribution in [1.29, 1.82) is 0 Å². The Labute approximate surface area is 234 Å². The number of phenols is 1. The molecule has 1 amide bonds. The number of benzene rings is 1. The molecule has 1 aromatic rings. The minimum absolute atomic E-state index is 0.0963. The number of hydrogen-bond donors (Lipinski definition) is 4. The summed E-state index contributed by atoms with van der Waals surface area (Å²) >= 11 is 0. The van der Waals surface area contributed by atoms with Crippen molar-refractivity contribution in [3.05, 3.63) is 29.8 Å². The molecular formula is C33H49NO5. The van der Waals surface area contributed by atoms with E-state index in [0.717, 1.165) is 42.6 Å². The topological polar surface area (TPSA) is 107 Å². The Kier molecular flexibility index (Phi) is 8.07. The summed E-state index contributed by atoms with van der Waals surface area (Å²) in [5, 5.41) is 32.2. The zero-order valence-electron chi connectivity index (χ0n) is 24.1. The Balaban J connectivity index is 1.17. The number of hydrogen-bond acceptors (Lipinski definition) is 4. The molecule has 6 nitrogen and oxygen atoms in total. The summed E-state index contributed by atoms with van der Waals surface area (Å²) in [5.74, 6) is 3.00. The summed E-state index contributed by atoms with van der Waals surface area (Å²) in [6.07, 6.45) is 12.1. The molecule has 0 radical (unpaired) electrons. The van der Waals surface area contributed by atoms with Gasteiger partial charge in [0.1, 0.15) is 11.8 Å². The number of phenolic OH excluding ortho intramolecular Hbond substituents is 1. The van der Waals surface area contributed by atoms with E-state index in [4.69, 9.17) is 0 Å². The third kappa shape index (κ3) is 5.47. The lowest BCUT2D eigenvalue weighted by Gasteiger charge is -2.61. The fourth-order valence-corrected chi connectivity index (χ4v) is 10.1. The number of aliphatic hydroxyl groups excluding tert-OH is 1. The van der Waals surface area contributed by atoms with Crippen molar-refractivity contribution in [2.24, 2.45) is 46.3 Å². The molecule has 4 saturated carbocycles. The van der Waals surface area contributed by atoms with Crippen LogP contribution in [0, 0.1) is 46.3 Å². The molecule has 1 aromatic carbocycles. The predicted molar refractivity (Wildman–Crippen MR) is 151 cm³/mol. The molecule has 216 valence electrons. The van der Waals surface area contributed by atoms with Gasteiger partial charge in [-0.25, -0.2) is 4.79 Å². The van der Waals surface area contributed by atoms with E-state index in [1.54, 1.807) is 12.1 Å². The van der Waals surface area contributed by atoms with Crippen molar-refractivity contribution in [1.82, 2.24) is 5.32 Å². The van der Waals surface area contributed by atoms with Gasteiger partial charge in [-0.05, 0) is 128 Å². The highest BCUT2D eigenvalue weighted by Gasteiger charge is 2.60. The number of amides is 1. The molecule has 4 N–H and O–H groups in total. The van der Waals surface area contributed by atoms with Crippen molar-refractivity contribution in [2.75, 3.05) is 0 Å². The van der Waals surface area contributed by atoms with E-state index in [2.05, 4.69) is 26.1 Å². The van der Waals surface area contributed by atoms with Gasteiger partial charge in [0.15, 0.2) is 0 Å². The normalized spacial score (nSPS) is 39.1. The second kappa shape index (κ2) is 11.1. The number of fused-ring (bicyclic) bond motifs is 5. The van der Waals surface area contributed by atoms with Crippen LogP contribution in [0.3, 0.4) is 0 Å². The Morgan fingerprint density at radius 3 is 2.38 bits per heavy atom. The smallest absolute Gasteiger partial charge is 0.326 e. The lowest BCUT2D eigenvalue weighted by atomic mass is 9.44. The monoisotopic (exact) mass is 539 g/mol. The number of aliphatic carboxylic acids is 1. The molecule has 0 aromatic heterocycles. The van der Waals surface area contributed by atoms with Crippen molar-refractivity contribution < 1.29 is 24.9 Å². The molecule has 0 aliphatic heterocycles. The van der Waals surface area contributed by atoms with E-state index in [-0.39, 0.29) is 24.2 Å². The van der Waals surface area contributed by atoms with Crippen molar-refractivity contribution in [3.8, 4) is 5.75 Å². The number of carbonyl (C=O) groups excluding carboxylic acids is 1. The van der Waals surface area contributed by atoms with Crippen LogP contribution in [0.1, 0.15) is 97.0 Å². The van der Waals surface area contributed by atoms with Gasteiger partial charge in [-0.15, -0.1) is 0 Å². The molecule has 0 bridgehead atoms. The van der Waals surface area contributed by atoms with E-state index < -0.39 is 12.0 Å². The molecular weight excluding hydrogens is 490 g/mol. The van der Waals surface area contributed by atoms with Crippen LogP contribution < -0.4 is 5.32 Å². The van der Waals surface area contributed by atoms with Crippen LogP contribution in [0.25, 0.3) is 0 Å². The number of aromatic hydroxyl groups is 1. The van der Waals surface area contributed by atoms with Gasteiger partial charge in [0.2, 0.25) is 5.91 Å².